The average molecular weight is 628 g/mol. The molecule has 0 amide bonds. The van der Waals surface area contributed by atoms with E-state index in [-0.39, 0.29) is 35.1 Å². The molecule has 6 N–H and O–H groups in total. The van der Waals surface area contributed by atoms with E-state index < -0.39 is 16.5 Å². The Balaban J connectivity index is 1.19. The van der Waals surface area contributed by atoms with E-state index in [0.29, 0.717) is 42.1 Å². The molecular formula is C33H61N3O6S. The van der Waals surface area contributed by atoms with Gasteiger partial charge in [0.05, 0.1) is 24.4 Å². The molecule has 1 saturated heterocycles. The van der Waals surface area contributed by atoms with Gasteiger partial charge in [-0.25, -0.2) is 4.18 Å². The lowest BCUT2D eigenvalue weighted by molar-refractivity contribution is -0.187. The number of nitrogens with two attached hydrogens (primary N) is 1. The third-order valence-electron chi connectivity index (χ3n) is 13.1. The number of aliphatic hydroxyl groups excluding tert-OH is 1. The summed E-state index contributed by atoms with van der Waals surface area (Å²) < 4.78 is 44.2. The van der Waals surface area contributed by atoms with Crippen LogP contribution in [0.4, 0.5) is 0 Å². The number of aliphatic hydroxyl groups is 1. The highest BCUT2D eigenvalue weighted by Gasteiger charge is 2.69. The normalized spacial score (nSPS) is 42.9. The fourth-order valence-electron chi connectivity index (χ4n) is 10.8. The van der Waals surface area contributed by atoms with Crippen LogP contribution in [0.15, 0.2) is 0 Å². The lowest BCUT2D eigenvalue weighted by atomic mass is 9.43. The van der Waals surface area contributed by atoms with Crippen LogP contribution in [0.2, 0.25) is 0 Å². The van der Waals surface area contributed by atoms with E-state index in [0.717, 1.165) is 84.0 Å². The lowest BCUT2D eigenvalue weighted by Gasteiger charge is -2.63. The highest BCUT2D eigenvalue weighted by molar-refractivity contribution is 7.80. The van der Waals surface area contributed by atoms with Crippen molar-refractivity contribution < 1.29 is 27.0 Å². The van der Waals surface area contributed by atoms with Crippen molar-refractivity contribution in [2.75, 3.05) is 26.2 Å². The molecule has 10 heteroatoms. The number of unbranched alkanes of at least 4 members (excludes halogenated alkanes) is 1. The Hall–Kier alpha value is -0.330. The van der Waals surface area contributed by atoms with Gasteiger partial charge in [-0.2, -0.15) is 8.42 Å². The minimum absolute atomic E-state index is 0.0276. The summed E-state index contributed by atoms with van der Waals surface area (Å²) in [5.41, 5.74) is 5.88. The van der Waals surface area contributed by atoms with Gasteiger partial charge in [-0.15, -0.1) is 0 Å². The van der Waals surface area contributed by atoms with Crippen LogP contribution in [-0.2, 0) is 19.3 Å². The zero-order chi connectivity index (χ0) is 31.0. The highest BCUT2D eigenvalue weighted by Crippen LogP contribution is 2.70. The predicted octanol–water partition coefficient (Wildman–Crippen LogP) is 4.29. The minimum atomic E-state index is -4.49. The fraction of sp³-hybridized carbons (Fsp3) is 1.00. The number of nitrogens with one attached hydrogen (secondary N) is 2. The van der Waals surface area contributed by atoms with Crippen LogP contribution in [0.25, 0.3) is 0 Å². The number of ether oxygens (including phenoxy) is 1. The van der Waals surface area contributed by atoms with Crippen LogP contribution < -0.4 is 16.4 Å². The van der Waals surface area contributed by atoms with Crippen LogP contribution in [0.5, 0.6) is 0 Å². The summed E-state index contributed by atoms with van der Waals surface area (Å²) in [6.45, 7) is 12.7. The summed E-state index contributed by atoms with van der Waals surface area (Å²) in [7, 11) is -4.49. The van der Waals surface area contributed by atoms with Crippen LogP contribution in [0.1, 0.15) is 105 Å². The van der Waals surface area contributed by atoms with E-state index in [2.05, 4.69) is 24.5 Å². The highest BCUT2D eigenvalue weighted by atomic mass is 32.3. The smallest absolute Gasteiger partial charge is 0.393 e. The van der Waals surface area contributed by atoms with Crippen LogP contribution >= 0.6 is 0 Å². The summed E-state index contributed by atoms with van der Waals surface area (Å²) in [4.78, 5) is 0. The first-order valence-corrected chi connectivity index (χ1v) is 18.9. The molecule has 0 aromatic heterocycles. The van der Waals surface area contributed by atoms with Crippen molar-refractivity contribution in [1.29, 1.82) is 0 Å². The van der Waals surface area contributed by atoms with E-state index in [1.54, 1.807) is 0 Å². The third kappa shape index (κ3) is 7.02. The zero-order valence-corrected chi connectivity index (χ0v) is 28.0. The van der Waals surface area contributed by atoms with E-state index in [4.69, 9.17) is 14.7 Å². The molecule has 250 valence electrons. The number of fused-ring (bicyclic) bond motifs is 4. The van der Waals surface area contributed by atoms with Crippen molar-refractivity contribution in [3.05, 3.63) is 0 Å². The topological polar surface area (TPSA) is 143 Å². The Morgan fingerprint density at radius 1 is 1.00 bits per heavy atom. The number of hydrogen-bond donors (Lipinski definition) is 5. The van der Waals surface area contributed by atoms with E-state index >= 15 is 0 Å². The SMILES string of the molecule is CC(C)C(CC[C@H]1OC2CC3C(C4CCC1[C@@]24C)[C@H](O)C[C@H]1C[C@@H](NCCCNCCCCN)CC[C@]31C)OS(=O)(=O)O. The Bertz CT molecular complexity index is 1030. The molecule has 0 radical (unpaired) electrons. The third-order valence-corrected chi connectivity index (χ3v) is 13.6. The lowest BCUT2D eigenvalue weighted by Crippen LogP contribution is -2.61. The maximum Gasteiger partial charge on any atom is 0.397 e. The molecule has 9 nitrogen and oxygen atoms in total. The number of rotatable bonds is 15. The van der Waals surface area contributed by atoms with Crippen molar-refractivity contribution in [2.24, 2.45) is 52.1 Å². The second-order valence-electron chi connectivity index (χ2n) is 15.7. The molecule has 43 heavy (non-hydrogen) atoms. The van der Waals surface area contributed by atoms with Crippen molar-refractivity contribution >= 4 is 10.4 Å². The van der Waals surface area contributed by atoms with Crippen molar-refractivity contribution in [1.82, 2.24) is 10.6 Å². The van der Waals surface area contributed by atoms with Crippen molar-refractivity contribution in [2.45, 2.75) is 135 Å². The molecule has 0 bridgehead atoms. The van der Waals surface area contributed by atoms with Gasteiger partial charge in [0.1, 0.15) is 0 Å². The first-order chi connectivity index (χ1) is 20.4. The van der Waals surface area contributed by atoms with Crippen LogP contribution in [0.3, 0.4) is 0 Å². The monoisotopic (exact) mass is 627 g/mol. The molecule has 5 aliphatic rings. The predicted molar refractivity (Wildman–Crippen MR) is 169 cm³/mol. The average Bonchev–Trinajstić information content (AvgIpc) is 3.43. The van der Waals surface area contributed by atoms with Crippen LogP contribution in [0, 0.1) is 46.3 Å². The van der Waals surface area contributed by atoms with Gasteiger partial charge in [-0.3, -0.25) is 4.55 Å². The molecule has 0 aromatic rings. The van der Waals surface area contributed by atoms with E-state index in [9.17, 15) is 18.1 Å². The Labute approximate surface area is 261 Å². The molecule has 1 aliphatic heterocycles. The van der Waals surface area contributed by atoms with Gasteiger partial charge < -0.3 is 26.2 Å². The van der Waals surface area contributed by atoms with Gasteiger partial charge in [0.15, 0.2) is 0 Å². The van der Waals surface area contributed by atoms with Gasteiger partial charge in [0.2, 0.25) is 0 Å². The molecular weight excluding hydrogens is 566 g/mol. The summed E-state index contributed by atoms with van der Waals surface area (Å²) in [6.07, 6.45) is 11.9. The molecule has 4 saturated carbocycles. The Morgan fingerprint density at radius 2 is 1.74 bits per heavy atom. The van der Waals surface area contributed by atoms with Gasteiger partial charge in [0, 0.05) is 11.5 Å². The molecule has 12 atom stereocenters. The van der Waals surface area contributed by atoms with Crippen LogP contribution in [-0.4, -0.2) is 74.7 Å². The summed E-state index contributed by atoms with van der Waals surface area (Å²) in [6, 6.07) is 0.537. The maximum atomic E-state index is 11.8. The molecule has 1 heterocycles. The van der Waals surface area contributed by atoms with Gasteiger partial charge >= 0.3 is 10.4 Å². The summed E-state index contributed by atoms with van der Waals surface area (Å²) >= 11 is 0. The molecule has 5 fully saturated rings. The first kappa shape index (κ1) is 34.0. The number of hydrogen-bond acceptors (Lipinski definition) is 8. The standard InChI is InChI=1S/C33H61N3O6S/c1-21(2)28(42-43(38,39)40)10-11-29-24-8-9-25-31-26(20-30(41-29)33(24,25)4)32(3)13-12-23(18-22(32)19-27(31)37)36-17-7-16-35-15-6-5-14-34/h21-31,35-37H,5-20,34H2,1-4H3,(H,38,39,40)/t22-,23+,24?,25?,26?,27-,28?,29-,30?,31?,32+,33-/m1/s1. The van der Waals surface area contributed by atoms with Crippen molar-refractivity contribution in [3.63, 3.8) is 0 Å². The molecule has 0 aromatic carbocycles. The minimum Gasteiger partial charge on any atom is -0.393 e. The molecule has 0 spiro atoms. The Kier molecular flexibility index (Phi) is 10.9. The second kappa shape index (κ2) is 13.8. The molecule has 4 aliphatic carbocycles. The fourth-order valence-corrected chi connectivity index (χ4v) is 11.4. The summed E-state index contributed by atoms with van der Waals surface area (Å²) in [5, 5.41) is 19.2. The quantitative estimate of drug-likeness (QED) is 0.133. The largest absolute Gasteiger partial charge is 0.397 e. The van der Waals surface area contributed by atoms with Gasteiger partial charge in [-0.05, 0) is 144 Å². The van der Waals surface area contributed by atoms with E-state index in [1.165, 1.54) is 12.8 Å². The van der Waals surface area contributed by atoms with E-state index in [1.807, 2.05) is 13.8 Å². The van der Waals surface area contributed by atoms with Gasteiger partial charge in [0.25, 0.3) is 0 Å². The van der Waals surface area contributed by atoms with Crippen molar-refractivity contribution in [3.8, 4) is 0 Å². The second-order valence-corrected chi connectivity index (χ2v) is 16.7. The maximum absolute atomic E-state index is 11.8. The molecule has 5 rings (SSSR count). The molecule has 6 unspecified atom stereocenters. The first-order valence-electron chi connectivity index (χ1n) is 17.5. The van der Waals surface area contributed by atoms with Gasteiger partial charge in [-0.1, -0.05) is 27.7 Å². The summed E-state index contributed by atoms with van der Waals surface area (Å²) in [5.74, 6) is 2.23. The zero-order valence-electron chi connectivity index (χ0n) is 27.2. The Morgan fingerprint density at radius 3 is 2.47 bits per heavy atom.